The van der Waals surface area contributed by atoms with Gasteiger partial charge in [-0.1, -0.05) is 207 Å². The van der Waals surface area contributed by atoms with Gasteiger partial charge in [-0.05, 0) is 131 Å². The van der Waals surface area contributed by atoms with Crippen molar-refractivity contribution in [1.82, 2.24) is 0 Å². The van der Waals surface area contributed by atoms with E-state index in [1.807, 2.05) is 134 Å². The van der Waals surface area contributed by atoms with Crippen LogP contribution in [0.1, 0.15) is 164 Å². The first kappa shape index (κ1) is 119. The van der Waals surface area contributed by atoms with Gasteiger partial charge in [0.05, 0.1) is 110 Å². The molecule has 28 nitrogen and oxygen atoms in total. The molecule has 5 aliphatic rings. The van der Waals surface area contributed by atoms with Gasteiger partial charge in [0.1, 0.15) is 25.4 Å². The quantitative estimate of drug-likeness (QED) is 0.0164. The number of aliphatic hydroxyl groups excluding tert-OH is 2. The largest absolute Gasteiger partial charge is 0.469 e. The minimum Gasteiger partial charge on any atom is -0.469 e. The van der Waals surface area contributed by atoms with Crippen LogP contribution in [0.5, 0.6) is 0 Å². The molecule has 5 aliphatic carbocycles. The average molecular weight is 2150 g/mol. The summed E-state index contributed by atoms with van der Waals surface area (Å²) in [5.74, 6) is -8.09. The molecule has 5 unspecified atom stereocenters. The van der Waals surface area contributed by atoms with Gasteiger partial charge in [-0.25, -0.2) is 9.78 Å². The second-order valence-corrected chi connectivity index (χ2v) is 26.7. The summed E-state index contributed by atoms with van der Waals surface area (Å²) in [6, 6.07) is 40.7. The van der Waals surface area contributed by atoms with E-state index in [1.165, 1.54) is 103 Å². The molecule has 8 atom stereocenters. The molecule has 672 valence electrons. The molecule has 0 saturated heterocycles. The van der Waals surface area contributed by atoms with Crippen LogP contribution in [0, 0.1) is 118 Å². The molecule has 4 aromatic carbocycles. The van der Waals surface area contributed by atoms with Crippen molar-refractivity contribution >= 4 is 83.8 Å². The fraction of sp³-hybridized carbons (Fsp3) is 0.462. The predicted molar refractivity (Wildman–Crippen MR) is 454 cm³/mol. The standard InChI is InChI=1S/C20H22O4.C16H16.2C11H16O4.C8H12O2.2C6H10O.3C5H8O4.2Ac/c1-22-20(21)19(15-24-23-2)18(17-11-7-4-8-12-17)14-13-16-9-5-3-6-10-16;1-14(16-10-6-3-7-11-16)12-13-15-8-4-2-5-9-15;2*1-14-10(12)9(11(13)15-2)8-6-4-3-5-7-8;1-7(9)10-8-5-3-2-4-6-8;2*7-6-4-2-1-3-5-6;3*1-8-4(6)3-5(7)9-2;;/h3-14,18-19H,15H2,1-2H3;2-14H,1H3;2*4,6,8-9H,3,5,7H2,1-2H3;3,5,8H,2,4,6H2,1H3;2*2,4,6-7H,1,3,5H2;3*3H2,1-2H3;;/b14-13+;13-12+;;;;;;;;;;/t18-,19?;;2*8-;;;;;;;;/m0.00......../s1. The van der Waals surface area contributed by atoms with Crippen LogP contribution in [0.3, 0.4) is 0 Å². The van der Waals surface area contributed by atoms with E-state index in [0.29, 0.717) is 5.92 Å². The zero-order valence-electron chi connectivity index (χ0n) is 73.5. The summed E-state index contributed by atoms with van der Waals surface area (Å²) in [5, 5.41) is 17.6. The Kier molecular flexibility index (Phi) is 74.3. The zero-order valence-corrected chi connectivity index (χ0v) is 83.0. The SMILES string of the molecule is CC(/C=C/c1ccccc1)c1ccccc1.CC(=O)OC1C=CCCC1.COC(=O)C(C(=O)OC)[C@H]1C=CCCC1.COC(=O)C(C(=O)OC)[C@H]1C=CCCC1.COC(=O)CC(=O)OC.COC(=O)CC(=O)OC.COC(=O)CC(=O)OC.COOCC(C(=O)OC)[C@@H](/C=C/c1ccccc1)c1ccccc1.OC1C=CCCC1.OC1C=CCCC1.[Ac].[Ac]. The van der Waals surface area contributed by atoms with Crippen LogP contribution in [0.4, 0.5) is 0 Å². The van der Waals surface area contributed by atoms with E-state index in [2.05, 4.69) is 132 Å². The van der Waals surface area contributed by atoms with Crippen LogP contribution >= 0.6 is 0 Å². The number of hydrogen-bond acceptors (Lipinski definition) is 28. The Bertz CT molecular complexity index is 3580. The second-order valence-electron chi connectivity index (χ2n) is 26.7. The van der Waals surface area contributed by atoms with Gasteiger partial charge in [-0.15, -0.1) is 0 Å². The molecule has 0 aromatic heterocycles. The Hall–Kier alpha value is -8.58. The number of hydrogen-bond donors (Lipinski definition) is 2. The first-order chi connectivity index (χ1) is 58.2. The summed E-state index contributed by atoms with van der Waals surface area (Å²) < 4.78 is 53.5. The Morgan fingerprint density at radius 3 is 0.927 bits per heavy atom. The first-order valence-electron chi connectivity index (χ1n) is 39.6. The number of esters is 12. The van der Waals surface area contributed by atoms with E-state index in [4.69, 9.17) is 24.6 Å². The Balaban J connectivity index is -0.00000133. The number of rotatable bonds is 24. The molecule has 0 saturated carbocycles. The maximum Gasteiger partial charge on any atom is 0.320 e. The Morgan fingerprint density at radius 1 is 0.366 bits per heavy atom. The predicted octanol–water partition coefficient (Wildman–Crippen LogP) is 14.0. The van der Waals surface area contributed by atoms with Gasteiger partial charge in [0.15, 0.2) is 11.8 Å². The molecule has 0 aliphatic heterocycles. The molecule has 0 amide bonds. The van der Waals surface area contributed by atoms with E-state index >= 15 is 0 Å². The molecule has 0 fully saturated rings. The summed E-state index contributed by atoms with van der Waals surface area (Å²) in [4.78, 5) is 140. The smallest absolute Gasteiger partial charge is 0.320 e. The summed E-state index contributed by atoms with van der Waals surface area (Å²) in [6.45, 7) is 3.78. The third kappa shape index (κ3) is 58.3. The molecule has 2 N–H and O–H groups in total. The first-order valence-corrected chi connectivity index (χ1v) is 39.6. The molecule has 2 radical (unpaired) electrons. The van der Waals surface area contributed by atoms with Gasteiger partial charge in [-0.2, -0.15) is 0 Å². The minimum atomic E-state index is -0.809. The zero-order chi connectivity index (χ0) is 90.4. The van der Waals surface area contributed by atoms with Crippen molar-refractivity contribution < 1.29 is 222 Å². The number of benzene rings is 4. The Labute approximate surface area is 796 Å². The van der Waals surface area contributed by atoms with Crippen LogP contribution in [-0.4, -0.2) is 192 Å². The van der Waals surface area contributed by atoms with Gasteiger partial charge in [0, 0.05) is 113 Å². The number of allylic oxidation sites excluding steroid dienone is 9. The van der Waals surface area contributed by atoms with E-state index in [-0.39, 0.29) is 162 Å². The number of ether oxygens (including phenoxy) is 12. The van der Waals surface area contributed by atoms with Gasteiger partial charge < -0.3 is 67.1 Å². The monoisotopic (exact) mass is 2140 g/mol. The number of carbonyl (C=O) groups excluding carboxylic acids is 12. The van der Waals surface area contributed by atoms with Crippen molar-refractivity contribution in [3.8, 4) is 0 Å². The summed E-state index contributed by atoms with van der Waals surface area (Å²) >= 11 is 0. The van der Waals surface area contributed by atoms with Gasteiger partial charge in [-0.3, -0.25) is 57.5 Å². The molecule has 30 heteroatoms. The van der Waals surface area contributed by atoms with Crippen molar-refractivity contribution in [3.05, 3.63) is 216 Å². The minimum absolute atomic E-state index is 0. The molecule has 9 rings (SSSR count). The molecule has 4 aromatic rings. The van der Waals surface area contributed by atoms with Crippen LogP contribution in [-0.2, 0) is 124 Å². The normalized spacial score (nSPS) is 16.5. The third-order valence-electron chi connectivity index (χ3n) is 18.0. The Morgan fingerprint density at radius 2 is 0.667 bits per heavy atom. The van der Waals surface area contributed by atoms with Crippen molar-refractivity contribution in [2.75, 3.05) is 91.9 Å². The second kappa shape index (κ2) is 77.0. The number of carbonyl (C=O) groups is 12. The van der Waals surface area contributed by atoms with E-state index in [1.54, 1.807) is 0 Å². The maximum absolute atomic E-state index is 12.3. The summed E-state index contributed by atoms with van der Waals surface area (Å²) in [7, 11) is 15.2. The van der Waals surface area contributed by atoms with Crippen molar-refractivity contribution in [2.45, 2.75) is 160 Å². The molecule has 0 spiro atoms. The third-order valence-corrected chi connectivity index (χ3v) is 18.0. The topological polar surface area (TPSA) is 375 Å². The van der Waals surface area contributed by atoms with Crippen molar-refractivity contribution in [1.29, 1.82) is 0 Å². The van der Waals surface area contributed by atoms with E-state index < -0.39 is 77.4 Å². The maximum atomic E-state index is 12.3. The van der Waals surface area contributed by atoms with Crippen molar-refractivity contribution in [3.63, 3.8) is 0 Å². The van der Waals surface area contributed by atoms with Crippen molar-refractivity contribution in [2.24, 2.45) is 29.6 Å². The van der Waals surface area contributed by atoms with Gasteiger partial charge in [0.25, 0.3) is 0 Å². The van der Waals surface area contributed by atoms with Crippen LogP contribution in [0.2, 0.25) is 0 Å². The van der Waals surface area contributed by atoms with Crippen LogP contribution in [0.15, 0.2) is 194 Å². The molecular weight excluding hydrogens is 2020 g/mol. The van der Waals surface area contributed by atoms with Gasteiger partial charge >= 0.3 is 71.6 Å². The average Bonchev–Trinajstić information content (AvgIpc) is 0.845. The number of methoxy groups -OCH3 is 11. The molecular formula is C93H126Ac2O28. The van der Waals surface area contributed by atoms with E-state index in [0.717, 1.165) is 107 Å². The fourth-order valence-corrected chi connectivity index (χ4v) is 11.3. The summed E-state index contributed by atoms with van der Waals surface area (Å²) in [6.07, 6.45) is 42.3. The molecule has 0 bridgehead atoms. The molecule has 123 heavy (non-hydrogen) atoms. The van der Waals surface area contributed by atoms with Crippen LogP contribution < -0.4 is 0 Å². The number of aliphatic hydroxyl groups is 2. The van der Waals surface area contributed by atoms with Crippen LogP contribution in [0.25, 0.3) is 12.2 Å². The fourth-order valence-electron chi connectivity index (χ4n) is 11.3. The summed E-state index contributed by atoms with van der Waals surface area (Å²) in [5.41, 5.74) is 4.69. The van der Waals surface area contributed by atoms with Gasteiger partial charge in [0.2, 0.25) is 0 Å². The van der Waals surface area contributed by atoms with E-state index in [9.17, 15) is 57.5 Å². The molecule has 0 heterocycles.